The molecule has 5 nitrogen and oxygen atoms in total. The minimum absolute atomic E-state index is 0.0443. The summed E-state index contributed by atoms with van der Waals surface area (Å²) in [6.07, 6.45) is 1.82. The Morgan fingerprint density at radius 2 is 2.13 bits per heavy atom. The summed E-state index contributed by atoms with van der Waals surface area (Å²) in [5, 5.41) is 6.52. The van der Waals surface area contributed by atoms with Crippen molar-refractivity contribution < 1.29 is 9.13 Å². The summed E-state index contributed by atoms with van der Waals surface area (Å²) in [5.41, 5.74) is 0. The fourth-order valence-electron chi connectivity index (χ4n) is 2.04. The molecule has 130 valence electrons. The fourth-order valence-corrected chi connectivity index (χ4v) is 2.04. The number of ether oxygens (including phenoxy) is 1. The lowest BCUT2D eigenvalue weighted by molar-refractivity contribution is 0.198. The van der Waals surface area contributed by atoms with Crippen molar-refractivity contribution in [3.05, 3.63) is 30.1 Å². The first-order valence-corrected chi connectivity index (χ1v) is 8.06. The van der Waals surface area contributed by atoms with Crippen LogP contribution < -0.4 is 15.4 Å². The molecule has 0 aliphatic heterocycles. The molecule has 0 aliphatic rings. The molecule has 0 saturated carbocycles. The van der Waals surface area contributed by atoms with Crippen LogP contribution >= 0.6 is 0 Å². The average Bonchev–Trinajstić information content (AvgIpc) is 2.52. The van der Waals surface area contributed by atoms with E-state index in [2.05, 4.69) is 34.6 Å². The van der Waals surface area contributed by atoms with Gasteiger partial charge in [-0.25, -0.2) is 4.39 Å². The Morgan fingerprint density at radius 1 is 1.35 bits per heavy atom. The topological polar surface area (TPSA) is 48.9 Å². The largest absolute Gasteiger partial charge is 0.489 e. The number of benzene rings is 1. The Bertz CT molecular complexity index is 479. The quantitative estimate of drug-likeness (QED) is 0.415. The van der Waals surface area contributed by atoms with Crippen LogP contribution in [0, 0.1) is 5.82 Å². The van der Waals surface area contributed by atoms with Gasteiger partial charge in [0.2, 0.25) is 0 Å². The van der Waals surface area contributed by atoms with E-state index in [-0.39, 0.29) is 11.9 Å². The summed E-state index contributed by atoms with van der Waals surface area (Å²) in [7, 11) is 5.86. The Labute approximate surface area is 138 Å². The molecule has 0 spiro atoms. The lowest BCUT2D eigenvalue weighted by Gasteiger charge is -2.20. The van der Waals surface area contributed by atoms with Gasteiger partial charge in [0.15, 0.2) is 5.96 Å². The van der Waals surface area contributed by atoms with E-state index in [9.17, 15) is 4.39 Å². The molecule has 1 aromatic rings. The maximum Gasteiger partial charge on any atom is 0.191 e. The van der Waals surface area contributed by atoms with Crippen LogP contribution in [0.25, 0.3) is 0 Å². The number of guanidine groups is 1. The molecule has 0 aliphatic carbocycles. The highest BCUT2D eigenvalue weighted by Crippen LogP contribution is 2.14. The van der Waals surface area contributed by atoms with Crippen molar-refractivity contribution in [2.75, 3.05) is 40.8 Å². The monoisotopic (exact) mass is 324 g/mol. The Morgan fingerprint density at radius 3 is 2.74 bits per heavy atom. The number of nitrogens with zero attached hydrogens (tertiary/aromatic N) is 2. The zero-order valence-corrected chi connectivity index (χ0v) is 14.6. The number of halogens is 1. The average molecular weight is 324 g/mol. The van der Waals surface area contributed by atoms with Gasteiger partial charge in [0.25, 0.3) is 0 Å². The van der Waals surface area contributed by atoms with Gasteiger partial charge in [-0.2, -0.15) is 0 Å². The van der Waals surface area contributed by atoms with Crippen LogP contribution in [-0.4, -0.2) is 57.7 Å². The molecule has 2 N–H and O–H groups in total. The van der Waals surface area contributed by atoms with Crippen molar-refractivity contribution >= 4 is 5.96 Å². The fraction of sp³-hybridized carbons (Fsp3) is 0.588. The molecule has 0 bridgehead atoms. The highest BCUT2D eigenvalue weighted by molar-refractivity contribution is 5.79. The summed E-state index contributed by atoms with van der Waals surface area (Å²) in [6.45, 7) is 4.54. The predicted octanol–water partition coefficient (Wildman–Crippen LogP) is 2.10. The third-order valence-electron chi connectivity index (χ3n) is 3.35. The van der Waals surface area contributed by atoms with Crippen molar-refractivity contribution in [3.8, 4) is 5.75 Å². The second-order valence-corrected chi connectivity index (χ2v) is 5.64. The minimum atomic E-state index is -0.288. The lowest BCUT2D eigenvalue weighted by Crippen LogP contribution is -2.43. The van der Waals surface area contributed by atoms with Crippen LogP contribution in [0.5, 0.6) is 5.75 Å². The number of nitrogens with one attached hydrogen (secondary N) is 2. The maximum absolute atomic E-state index is 13.2. The van der Waals surface area contributed by atoms with E-state index in [0.29, 0.717) is 12.3 Å². The Hall–Kier alpha value is -1.82. The van der Waals surface area contributed by atoms with Gasteiger partial charge in [0.1, 0.15) is 17.7 Å². The third kappa shape index (κ3) is 8.40. The van der Waals surface area contributed by atoms with Crippen molar-refractivity contribution in [2.24, 2.45) is 4.99 Å². The van der Waals surface area contributed by atoms with E-state index in [1.165, 1.54) is 12.1 Å². The summed E-state index contributed by atoms with van der Waals surface area (Å²) in [6, 6.07) is 6.22. The SMILES string of the molecule is CCC(CNC(=NC)NCCCN(C)C)Oc1cccc(F)c1. The number of hydrogen-bond donors (Lipinski definition) is 2. The van der Waals surface area contributed by atoms with Crippen LogP contribution in [0.15, 0.2) is 29.3 Å². The van der Waals surface area contributed by atoms with Crippen LogP contribution in [0.3, 0.4) is 0 Å². The molecule has 23 heavy (non-hydrogen) atoms. The van der Waals surface area contributed by atoms with Gasteiger partial charge in [-0.05, 0) is 45.6 Å². The molecular weight excluding hydrogens is 295 g/mol. The standard InChI is InChI=1S/C17H29FN4O/c1-5-15(23-16-9-6-8-14(18)12-16)13-21-17(19-2)20-10-7-11-22(3)4/h6,8-9,12,15H,5,7,10-11,13H2,1-4H3,(H2,19,20,21). The molecule has 1 rings (SSSR count). The van der Waals surface area contributed by atoms with E-state index < -0.39 is 0 Å². The van der Waals surface area contributed by atoms with Gasteiger partial charge in [-0.15, -0.1) is 0 Å². The lowest BCUT2D eigenvalue weighted by atomic mass is 10.2. The molecule has 1 aromatic carbocycles. The van der Waals surface area contributed by atoms with Gasteiger partial charge in [-0.3, -0.25) is 4.99 Å². The van der Waals surface area contributed by atoms with Gasteiger partial charge >= 0.3 is 0 Å². The van der Waals surface area contributed by atoms with Gasteiger partial charge in [-0.1, -0.05) is 13.0 Å². The summed E-state index contributed by atoms with van der Waals surface area (Å²) >= 11 is 0. The van der Waals surface area contributed by atoms with Gasteiger partial charge < -0.3 is 20.3 Å². The second-order valence-electron chi connectivity index (χ2n) is 5.64. The second kappa shape index (κ2) is 10.8. The van der Waals surface area contributed by atoms with E-state index in [1.54, 1.807) is 19.2 Å². The van der Waals surface area contributed by atoms with Crippen LogP contribution in [0.4, 0.5) is 4.39 Å². The molecule has 0 heterocycles. The highest BCUT2D eigenvalue weighted by atomic mass is 19.1. The summed E-state index contributed by atoms with van der Waals surface area (Å²) in [5.74, 6) is 1.02. The van der Waals surface area contributed by atoms with Crippen molar-refractivity contribution in [1.29, 1.82) is 0 Å². The van der Waals surface area contributed by atoms with Crippen LogP contribution in [-0.2, 0) is 0 Å². The van der Waals surface area contributed by atoms with Crippen molar-refractivity contribution in [2.45, 2.75) is 25.9 Å². The summed E-state index contributed by atoms with van der Waals surface area (Å²) in [4.78, 5) is 6.35. The van der Waals surface area contributed by atoms with Gasteiger partial charge in [0.05, 0.1) is 6.54 Å². The molecule has 0 saturated heterocycles. The first kappa shape index (κ1) is 19.2. The molecule has 0 radical (unpaired) electrons. The number of aliphatic imine (C=N–C) groups is 1. The zero-order chi connectivity index (χ0) is 17.1. The van der Waals surface area contributed by atoms with E-state index in [1.807, 2.05) is 6.92 Å². The smallest absolute Gasteiger partial charge is 0.191 e. The van der Waals surface area contributed by atoms with E-state index >= 15 is 0 Å². The van der Waals surface area contributed by atoms with Crippen LogP contribution in [0.1, 0.15) is 19.8 Å². The number of rotatable bonds is 9. The maximum atomic E-state index is 13.2. The molecule has 1 unspecified atom stereocenters. The van der Waals surface area contributed by atoms with Gasteiger partial charge in [0, 0.05) is 19.7 Å². The first-order valence-electron chi connectivity index (χ1n) is 8.06. The molecule has 0 fully saturated rings. The predicted molar refractivity (Wildman–Crippen MR) is 93.6 cm³/mol. The molecule has 0 aromatic heterocycles. The minimum Gasteiger partial charge on any atom is -0.489 e. The molecule has 6 heteroatoms. The zero-order valence-electron chi connectivity index (χ0n) is 14.6. The van der Waals surface area contributed by atoms with Crippen LogP contribution in [0.2, 0.25) is 0 Å². The van der Waals surface area contributed by atoms with Crippen molar-refractivity contribution in [3.63, 3.8) is 0 Å². The third-order valence-corrected chi connectivity index (χ3v) is 3.35. The summed E-state index contributed by atoms with van der Waals surface area (Å²) < 4.78 is 19.0. The first-order chi connectivity index (χ1) is 11.0. The van der Waals surface area contributed by atoms with Crippen molar-refractivity contribution in [1.82, 2.24) is 15.5 Å². The highest BCUT2D eigenvalue weighted by Gasteiger charge is 2.09. The molecular formula is C17H29FN4O. The Kier molecular flexibility index (Phi) is 9.05. The Balaban J connectivity index is 2.36. The van der Waals surface area contributed by atoms with E-state index in [0.717, 1.165) is 31.9 Å². The molecule has 1 atom stereocenters. The number of hydrogen-bond acceptors (Lipinski definition) is 3. The normalized spacial score (nSPS) is 13.0. The van der Waals surface area contributed by atoms with E-state index in [4.69, 9.17) is 4.74 Å². The molecule has 0 amide bonds.